The first-order chi connectivity index (χ1) is 5.58. The van der Waals surface area contributed by atoms with E-state index in [9.17, 15) is 4.57 Å². The zero-order valence-corrected chi connectivity index (χ0v) is 7.37. The summed E-state index contributed by atoms with van der Waals surface area (Å²) >= 11 is 0. The molecule has 1 aliphatic rings. The topological polar surface area (TPSA) is 88.0 Å². The molecule has 3 N–H and O–H groups in total. The third-order valence-electron chi connectivity index (χ3n) is 1.49. The summed E-state index contributed by atoms with van der Waals surface area (Å²) in [5, 5.41) is 2.95. The number of rotatable bonds is 4. The summed E-state index contributed by atoms with van der Waals surface area (Å²) in [4.78, 5) is 16.6. The van der Waals surface area contributed by atoms with E-state index in [0.29, 0.717) is 19.7 Å². The molecule has 0 radical (unpaired) electrons. The van der Waals surface area contributed by atoms with Crippen molar-refractivity contribution < 1.29 is 23.6 Å². The van der Waals surface area contributed by atoms with Crippen LogP contribution in [0.5, 0.6) is 0 Å². The standard InChI is InChI=1S/C5H12NO5P/c7-12(8,9)11-2-1-5-3-6-4-10-5/h5-6H,1-4H2,(H2,7,8,9). The van der Waals surface area contributed by atoms with Gasteiger partial charge >= 0.3 is 7.82 Å². The number of nitrogens with one attached hydrogen (secondary N) is 1. The van der Waals surface area contributed by atoms with Crippen molar-refractivity contribution in [1.82, 2.24) is 5.32 Å². The largest absolute Gasteiger partial charge is 0.469 e. The third-order valence-corrected chi connectivity index (χ3v) is 2.01. The van der Waals surface area contributed by atoms with Gasteiger partial charge in [-0.1, -0.05) is 0 Å². The Morgan fingerprint density at radius 2 is 2.42 bits per heavy atom. The van der Waals surface area contributed by atoms with Gasteiger partial charge in [0, 0.05) is 6.54 Å². The quantitative estimate of drug-likeness (QED) is 0.523. The molecule has 6 nitrogen and oxygen atoms in total. The van der Waals surface area contributed by atoms with Crippen molar-refractivity contribution in [2.24, 2.45) is 0 Å². The van der Waals surface area contributed by atoms with Gasteiger partial charge in [0.25, 0.3) is 0 Å². The van der Waals surface area contributed by atoms with E-state index in [1.807, 2.05) is 0 Å². The summed E-state index contributed by atoms with van der Waals surface area (Å²) in [7, 11) is -4.30. The molecule has 12 heavy (non-hydrogen) atoms. The molecule has 1 saturated heterocycles. The van der Waals surface area contributed by atoms with E-state index >= 15 is 0 Å². The summed E-state index contributed by atoms with van der Waals surface area (Å²) in [6.07, 6.45) is 0.509. The lowest BCUT2D eigenvalue weighted by atomic mass is 10.3. The van der Waals surface area contributed by atoms with Gasteiger partial charge in [0.1, 0.15) is 0 Å². The Labute approximate surface area is 70.1 Å². The van der Waals surface area contributed by atoms with Crippen molar-refractivity contribution in [2.45, 2.75) is 12.5 Å². The minimum absolute atomic E-state index is 0.0107. The number of phosphoric ester groups is 1. The summed E-state index contributed by atoms with van der Waals surface area (Å²) < 4.78 is 19.6. The molecule has 1 aliphatic heterocycles. The average molecular weight is 197 g/mol. The maximum atomic E-state index is 10.2. The molecule has 0 aromatic rings. The van der Waals surface area contributed by atoms with Crippen LogP contribution in [0.25, 0.3) is 0 Å². The second-order valence-electron chi connectivity index (χ2n) is 2.50. The molecule has 72 valence electrons. The van der Waals surface area contributed by atoms with E-state index in [1.54, 1.807) is 0 Å². The molecule has 1 fully saturated rings. The molecular formula is C5H12NO5P. The minimum Gasteiger partial charge on any atom is -0.362 e. The van der Waals surface area contributed by atoms with Crippen LogP contribution in [0.2, 0.25) is 0 Å². The fourth-order valence-corrected chi connectivity index (χ4v) is 1.29. The molecule has 1 atom stereocenters. The second-order valence-corrected chi connectivity index (χ2v) is 3.74. The van der Waals surface area contributed by atoms with Crippen LogP contribution in [0.15, 0.2) is 0 Å². The predicted molar refractivity (Wildman–Crippen MR) is 40.4 cm³/mol. The van der Waals surface area contributed by atoms with Gasteiger partial charge in [0.2, 0.25) is 0 Å². The Kier molecular flexibility index (Phi) is 3.64. The predicted octanol–water partition coefficient (Wildman–Crippen LogP) is -0.568. The maximum absolute atomic E-state index is 10.2. The zero-order valence-electron chi connectivity index (χ0n) is 6.47. The van der Waals surface area contributed by atoms with Gasteiger partial charge in [-0.2, -0.15) is 0 Å². The smallest absolute Gasteiger partial charge is 0.362 e. The lowest BCUT2D eigenvalue weighted by Crippen LogP contribution is -2.15. The summed E-state index contributed by atoms with van der Waals surface area (Å²) in [6, 6.07) is 0. The van der Waals surface area contributed by atoms with Crippen LogP contribution in [0, 0.1) is 0 Å². The Morgan fingerprint density at radius 3 is 2.92 bits per heavy atom. The van der Waals surface area contributed by atoms with Crippen LogP contribution < -0.4 is 5.32 Å². The molecule has 0 aliphatic carbocycles. The van der Waals surface area contributed by atoms with Crippen molar-refractivity contribution in [3.63, 3.8) is 0 Å². The normalized spacial score (nSPS) is 24.7. The van der Waals surface area contributed by atoms with Gasteiger partial charge in [0.05, 0.1) is 19.4 Å². The van der Waals surface area contributed by atoms with Crippen LogP contribution in [0.4, 0.5) is 0 Å². The molecule has 1 heterocycles. The van der Waals surface area contributed by atoms with E-state index in [2.05, 4.69) is 9.84 Å². The number of hydrogen-bond donors (Lipinski definition) is 3. The summed E-state index contributed by atoms with van der Waals surface area (Å²) in [5.74, 6) is 0. The summed E-state index contributed by atoms with van der Waals surface area (Å²) in [5.41, 5.74) is 0. The van der Waals surface area contributed by atoms with E-state index in [4.69, 9.17) is 14.5 Å². The molecule has 1 unspecified atom stereocenters. The van der Waals surface area contributed by atoms with Crippen LogP contribution in [0.1, 0.15) is 6.42 Å². The van der Waals surface area contributed by atoms with E-state index in [1.165, 1.54) is 0 Å². The second kappa shape index (κ2) is 4.32. The fraction of sp³-hybridized carbons (Fsp3) is 1.00. The molecule has 7 heteroatoms. The van der Waals surface area contributed by atoms with Crippen LogP contribution in [0.3, 0.4) is 0 Å². The third kappa shape index (κ3) is 4.15. The highest BCUT2D eigenvalue weighted by molar-refractivity contribution is 7.46. The van der Waals surface area contributed by atoms with Gasteiger partial charge < -0.3 is 14.5 Å². The van der Waals surface area contributed by atoms with Crippen molar-refractivity contribution >= 4 is 7.82 Å². The van der Waals surface area contributed by atoms with Crippen LogP contribution in [-0.4, -0.2) is 35.8 Å². The van der Waals surface area contributed by atoms with Crippen molar-refractivity contribution in [3.8, 4) is 0 Å². The lowest BCUT2D eigenvalue weighted by molar-refractivity contribution is 0.0869. The molecular weight excluding hydrogens is 185 g/mol. The van der Waals surface area contributed by atoms with Crippen molar-refractivity contribution in [3.05, 3.63) is 0 Å². The van der Waals surface area contributed by atoms with E-state index < -0.39 is 7.82 Å². The van der Waals surface area contributed by atoms with Crippen LogP contribution >= 0.6 is 7.82 Å². The number of ether oxygens (including phenoxy) is 1. The SMILES string of the molecule is O=P(O)(O)OCCC1CNCO1. The van der Waals surface area contributed by atoms with Gasteiger partial charge in [-0.25, -0.2) is 4.57 Å². The van der Waals surface area contributed by atoms with Crippen LogP contribution in [-0.2, 0) is 13.8 Å². The lowest BCUT2D eigenvalue weighted by Gasteiger charge is -2.08. The average Bonchev–Trinajstić information content (AvgIpc) is 2.36. The monoisotopic (exact) mass is 197 g/mol. The summed E-state index contributed by atoms with van der Waals surface area (Å²) in [6.45, 7) is 1.24. The number of phosphoric acid groups is 1. The highest BCUT2D eigenvalue weighted by Crippen LogP contribution is 2.35. The molecule has 1 rings (SSSR count). The van der Waals surface area contributed by atoms with Gasteiger partial charge in [0.15, 0.2) is 0 Å². The fourth-order valence-electron chi connectivity index (χ4n) is 0.944. The van der Waals surface area contributed by atoms with Gasteiger partial charge in [-0.15, -0.1) is 0 Å². The minimum atomic E-state index is -4.30. The highest BCUT2D eigenvalue weighted by atomic mass is 31.2. The molecule has 0 aromatic heterocycles. The molecule has 0 amide bonds. The molecule has 0 bridgehead atoms. The molecule has 0 spiro atoms. The van der Waals surface area contributed by atoms with Crippen molar-refractivity contribution in [1.29, 1.82) is 0 Å². The van der Waals surface area contributed by atoms with Gasteiger partial charge in [-0.05, 0) is 6.42 Å². The Bertz CT molecular complexity index is 175. The Hall–Kier alpha value is 0.0300. The number of hydrogen-bond acceptors (Lipinski definition) is 4. The van der Waals surface area contributed by atoms with E-state index in [-0.39, 0.29) is 12.7 Å². The van der Waals surface area contributed by atoms with E-state index in [0.717, 1.165) is 0 Å². The Balaban J connectivity index is 2.05. The van der Waals surface area contributed by atoms with Crippen molar-refractivity contribution in [2.75, 3.05) is 19.9 Å². The maximum Gasteiger partial charge on any atom is 0.469 e. The first-order valence-electron chi connectivity index (χ1n) is 3.60. The van der Waals surface area contributed by atoms with Gasteiger partial charge in [-0.3, -0.25) is 9.84 Å². The molecule has 0 saturated carbocycles. The highest BCUT2D eigenvalue weighted by Gasteiger charge is 2.18. The molecule has 0 aromatic carbocycles. The zero-order chi connectivity index (χ0) is 9.03. The Morgan fingerprint density at radius 1 is 1.67 bits per heavy atom. The first-order valence-corrected chi connectivity index (χ1v) is 5.13. The first kappa shape index (κ1) is 10.1.